The first-order chi connectivity index (χ1) is 15.5. The molecule has 0 spiro atoms. The van der Waals surface area contributed by atoms with Gasteiger partial charge in [0.05, 0.1) is 6.61 Å². The van der Waals surface area contributed by atoms with Crippen molar-refractivity contribution in [1.29, 1.82) is 0 Å². The predicted octanol–water partition coefficient (Wildman–Crippen LogP) is 5.31. The Labute approximate surface area is 192 Å². The van der Waals surface area contributed by atoms with Crippen molar-refractivity contribution < 1.29 is 14.3 Å². The third kappa shape index (κ3) is 4.40. The highest BCUT2D eigenvalue weighted by atomic mass is 16.5. The van der Waals surface area contributed by atoms with E-state index in [9.17, 15) is 9.59 Å². The Bertz CT molecular complexity index is 793. The standard InChI is InChI=1S/C27H38N2O3/c1-2-32-23-10-8-22(9-11-23)28-26(31)24(29-25(30)21-6-4-3-5-7-21)27-15-18-12-19(16-27)14-20(13-18)17-27/h8-11,18-21,24H,2-7,12-17H2,1H3,(H,28,31)(H,29,30)/t18?,19?,20?,24-,27?/m0/s1. The summed E-state index contributed by atoms with van der Waals surface area (Å²) in [5.74, 6) is 3.12. The van der Waals surface area contributed by atoms with Crippen LogP contribution in [0.5, 0.6) is 5.75 Å². The van der Waals surface area contributed by atoms with Gasteiger partial charge in [0, 0.05) is 17.0 Å². The summed E-state index contributed by atoms with van der Waals surface area (Å²) >= 11 is 0. The summed E-state index contributed by atoms with van der Waals surface area (Å²) < 4.78 is 5.53. The van der Waals surface area contributed by atoms with E-state index in [0.717, 1.165) is 74.1 Å². The molecule has 2 N–H and O–H groups in total. The number of hydrogen-bond donors (Lipinski definition) is 2. The molecule has 32 heavy (non-hydrogen) atoms. The number of hydrogen-bond acceptors (Lipinski definition) is 3. The van der Waals surface area contributed by atoms with Gasteiger partial charge in [-0.2, -0.15) is 0 Å². The van der Waals surface area contributed by atoms with Gasteiger partial charge in [0.2, 0.25) is 11.8 Å². The van der Waals surface area contributed by atoms with Crippen molar-refractivity contribution >= 4 is 17.5 Å². The molecule has 4 bridgehead atoms. The van der Waals surface area contributed by atoms with Crippen molar-refractivity contribution in [1.82, 2.24) is 5.32 Å². The van der Waals surface area contributed by atoms with Crippen LogP contribution in [0.3, 0.4) is 0 Å². The van der Waals surface area contributed by atoms with Crippen LogP contribution < -0.4 is 15.4 Å². The number of rotatable bonds is 7. The van der Waals surface area contributed by atoms with E-state index in [1.54, 1.807) is 0 Å². The van der Waals surface area contributed by atoms with Gasteiger partial charge in [0.25, 0.3) is 0 Å². The van der Waals surface area contributed by atoms with Crippen molar-refractivity contribution in [3.05, 3.63) is 24.3 Å². The van der Waals surface area contributed by atoms with Crippen LogP contribution >= 0.6 is 0 Å². The monoisotopic (exact) mass is 438 g/mol. The quantitative estimate of drug-likeness (QED) is 0.607. The van der Waals surface area contributed by atoms with Crippen LogP contribution in [0, 0.1) is 29.1 Å². The summed E-state index contributed by atoms with van der Waals surface area (Å²) in [5.41, 5.74) is 0.689. The topological polar surface area (TPSA) is 67.4 Å². The maximum absolute atomic E-state index is 13.7. The van der Waals surface area contributed by atoms with Crippen LogP contribution in [0.25, 0.3) is 0 Å². The minimum atomic E-state index is -0.433. The molecule has 0 radical (unpaired) electrons. The highest BCUT2D eigenvalue weighted by Crippen LogP contribution is 2.61. The second-order valence-corrected chi connectivity index (χ2v) is 11.0. The van der Waals surface area contributed by atoms with Gasteiger partial charge in [-0.15, -0.1) is 0 Å². The Hall–Kier alpha value is -2.04. The summed E-state index contributed by atoms with van der Waals surface area (Å²) in [5, 5.41) is 6.46. The maximum Gasteiger partial charge on any atom is 0.247 e. The van der Waals surface area contributed by atoms with Crippen LogP contribution in [-0.2, 0) is 9.59 Å². The molecular weight excluding hydrogens is 400 g/mol. The number of ether oxygens (including phenoxy) is 1. The van der Waals surface area contributed by atoms with Gasteiger partial charge in [-0.25, -0.2) is 0 Å². The summed E-state index contributed by atoms with van der Waals surface area (Å²) in [4.78, 5) is 27.0. The largest absolute Gasteiger partial charge is 0.494 e. The highest BCUT2D eigenvalue weighted by molar-refractivity contribution is 5.98. The van der Waals surface area contributed by atoms with E-state index in [1.807, 2.05) is 31.2 Å². The lowest BCUT2D eigenvalue weighted by Gasteiger charge is -2.59. The van der Waals surface area contributed by atoms with E-state index in [-0.39, 0.29) is 23.1 Å². The van der Waals surface area contributed by atoms with Crippen molar-refractivity contribution in [2.45, 2.75) is 83.6 Å². The molecule has 0 saturated heterocycles. The van der Waals surface area contributed by atoms with Crippen LogP contribution in [-0.4, -0.2) is 24.5 Å². The summed E-state index contributed by atoms with van der Waals surface area (Å²) in [6, 6.07) is 7.13. The average molecular weight is 439 g/mol. The van der Waals surface area contributed by atoms with Gasteiger partial charge in [-0.1, -0.05) is 19.3 Å². The third-order valence-corrected chi connectivity index (χ3v) is 8.66. The lowest BCUT2D eigenvalue weighted by Crippen LogP contribution is -2.61. The SMILES string of the molecule is CCOc1ccc(NC(=O)[C@H](NC(=O)C2CCCCC2)C23CC4CC(CC(C4)C2)C3)cc1. The Balaban J connectivity index is 1.36. The molecule has 5 saturated carbocycles. The molecule has 2 amide bonds. The van der Waals surface area contributed by atoms with E-state index >= 15 is 0 Å². The number of benzene rings is 1. The van der Waals surface area contributed by atoms with Gasteiger partial charge in [-0.05, 0) is 100 Å². The molecule has 5 fully saturated rings. The predicted molar refractivity (Wildman–Crippen MR) is 125 cm³/mol. The normalized spacial score (nSPS) is 32.3. The molecular formula is C27H38N2O3. The average Bonchev–Trinajstić information content (AvgIpc) is 2.78. The van der Waals surface area contributed by atoms with Crippen LogP contribution in [0.2, 0.25) is 0 Å². The van der Waals surface area contributed by atoms with Crippen molar-refractivity contribution in [3.63, 3.8) is 0 Å². The van der Waals surface area contributed by atoms with E-state index < -0.39 is 6.04 Å². The minimum Gasteiger partial charge on any atom is -0.494 e. The van der Waals surface area contributed by atoms with Gasteiger partial charge in [-0.3, -0.25) is 9.59 Å². The molecule has 6 rings (SSSR count). The van der Waals surface area contributed by atoms with E-state index in [2.05, 4.69) is 10.6 Å². The van der Waals surface area contributed by atoms with Crippen LogP contribution in [0.15, 0.2) is 24.3 Å². The number of nitrogens with one attached hydrogen (secondary N) is 2. The molecule has 5 heteroatoms. The summed E-state index contributed by atoms with van der Waals surface area (Å²) in [7, 11) is 0. The summed E-state index contributed by atoms with van der Waals surface area (Å²) in [6.45, 7) is 2.58. The Morgan fingerprint density at radius 3 is 2.12 bits per heavy atom. The van der Waals surface area contributed by atoms with Gasteiger partial charge in [0.15, 0.2) is 0 Å². The molecule has 5 aliphatic rings. The fraction of sp³-hybridized carbons (Fsp3) is 0.704. The zero-order chi connectivity index (χ0) is 22.1. The van der Waals surface area contributed by atoms with Crippen LogP contribution in [0.4, 0.5) is 5.69 Å². The molecule has 174 valence electrons. The van der Waals surface area contributed by atoms with Crippen LogP contribution in [0.1, 0.15) is 77.6 Å². The molecule has 1 aromatic rings. The zero-order valence-corrected chi connectivity index (χ0v) is 19.4. The van der Waals surface area contributed by atoms with Crippen molar-refractivity contribution in [3.8, 4) is 5.75 Å². The van der Waals surface area contributed by atoms with Gasteiger partial charge in [0.1, 0.15) is 11.8 Å². The third-order valence-electron chi connectivity index (χ3n) is 8.66. The van der Waals surface area contributed by atoms with Crippen molar-refractivity contribution in [2.75, 3.05) is 11.9 Å². The van der Waals surface area contributed by atoms with E-state index in [4.69, 9.17) is 4.74 Å². The summed E-state index contributed by atoms with van der Waals surface area (Å²) in [6.07, 6.45) is 12.6. The number of amides is 2. The first-order valence-corrected chi connectivity index (χ1v) is 12.9. The second kappa shape index (κ2) is 9.07. The second-order valence-electron chi connectivity index (χ2n) is 11.0. The number of carbonyl (C=O) groups is 2. The fourth-order valence-electron chi connectivity index (χ4n) is 7.67. The molecule has 0 aromatic heterocycles. The minimum absolute atomic E-state index is 0.0414. The highest BCUT2D eigenvalue weighted by Gasteiger charge is 2.56. The fourth-order valence-corrected chi connectivity index (χ4v) is 7.67. The Kier molecular flexibility index (Phi) is 6.18. The molecule has 0 unspecified atom stereocenters. The number of carbonyl (C=O) groups excluding carboxylic acids is 2. The molecule has 0 heterocycles. The molecule has 0 aliphatic heterocycles. The van der Waals surface area contributed by atoms with Gasteiger partial charge < -0.3 is 15.4 Å². The van der Waals surface area contributed by atoms with E-state index in [1.165, 1.54) is 25.7 Å². The molecule has 1 atom stereocenters. The lowest BCUT2D eigenvalue weighted by atomic mass is 9.47. The Morgan fingerprint density at radius 2 is 1.56 bits per heavy atom. The maximum atomic E-state index is 13.7. The molecule has 1 aromatic carbocycles. The van der Waals surface area contributed by atoms with Gasteiger partial charge >= 0.3 is 0 Å². The lowest BCUT2D eigenvalue weighted by molar-refractivity contribution is -0.139. The van der Waals surface area contributed by atoms with Crippen molar-refractivity contribution in [2.24, 2.45) is 29.1 Å². The first kappa shape index (κ1) is 21.8. The molecule has 5 aliphatic carbocycles. The molecule has 5 nitrogen and oxygen atoms in total. The zero-order valence-electron chi connectivity index (χ0n) is 19.4. The Morgan fingerprint density at radius 1 is 0.969 bits per heavy atom. The first-order valence-electron chi connectivity index (χ1n) is 12.9. The number of anilines is 1. The smallest absolute Gasteiger partial charge is 0.247 e. The van der Waals surface area contributed by atoms with E-state index in [0.29, 0.717) is 6.61 Å².